The van der Waals surface area contributed by atoms with E-state index < -0.39 is 36.1 Å². The van der Waals surface area contributed by atoms with Gasteiger partial charge in [0.05, 0.1) is 58.8 Å². The third kappa shape index (κ3) is 14.3. The summed E-state index contributed by atoms with van der Waals surface area (Å²) < 4.78 is 45.1. The fourth-order valence-corrected chi connectivity index (χ4v) is 8.55. The van der Waals surface area contributed by atoms with Gasteiger partial charge in [-0.3, -0.25) is 19.1 Å². The maximum Gasteiger partial charge on any atom is 0.351 e. The molecule has 6 rings (SSSR count). The van der Waals surface area contributed by atoms with Crippen LogP contribution < -0.4 is 31.1 Å². The van der Waals surface area contributed by atoms with Gasteiger partial charge >= 0.3 is 5.69 Å². The molecule has 3 N–H and O–H groups in total. The number of amides is 2. The Kier molecular flexibility index (Phi) is 19.9. The average molecular weight is 962 g/mol. The monoisotopic (exact) mass is 961 g/mol. The summed E-state index contributed by atoms with van der Waals surface area (Å²) in [5, 5.41) is 18.2. The van der Waals surface area contributed by atoms with E-state index in [-0.39, 0.29) is 56.4 Å². The van der Waals surface area contributed by atoms with Crippen LogP contribution in [0.1, 0.15) is 94.9 Å². The molecular weight excluding hydrogens is 895 g/mol. The van der Waals surface area contributed by atoms with Gasteiger partial charge in [0.1, 0.15) is 41.0 Å². The number of nitriles is 1. The number of carbonyl (C=O) groups excluding carboxylic acids is 2. The van der Waals surface area contributed by atoms with Gasteiger partial charge in [0.15, 0.2) is 0 Å². The van der Waals surface area contributed by atoms with E-state index in [0.717, 1.165) is 16.7 Å². The Bertz CT molecular complexity index is 2400. The van der Waals surface area contributed by atoms with Gasteiger partial charge in [0.25, 0.3) is 0 Å². The van der Waals surface area contributed by atoms with Crippen LogP contribution in [0, 0.1) is 11.3 Å². The van der Waals surface area contributed by atoms with Crippen LogP contribution in [-0.2, 0) is 40.7 Å². The Balaban J connectivity index is 1.19. The summed E-state index contributed by atoms with van der Waals surface area (Å²) in [5.74, 6) is 2.16. The molecule has 5 aromatic rings. The molecule has 70 heavy (non-hydrogen) atoms. The molecule has 0 aliphatic carbocycles. The Labute approximate surface area is 410 Å². The predicted molar refractivity (Wildman–Crippen MR) is 263 cm³/mol. The van der Waals surface area contributed by atoms with Crippen molar-refractivity contribution in [2.75, 3.05) is 45.8 Å². The van der Waals surface area contributed by atoms with Gasteiger partial charge in [0.2, 0.25) is 18.2 Å². The van der Waals surface area contributed by atoms with Crippen LogP contribution in [0.3, 0.4) is 0 Å². The number of benzene rings is 3. The molecule has 1 aliphatic rings. The third-order valence-corrected chi connectivity index (χ3v) is 12.0. The van der Waals surface area contributed by atoms with E-state index in [4.69, 9.17) is 32.8 Å². The molecule has 0 saturated carbocycles. The van der Waals surface area contributed by atoms with Crippen LogP contribution in [0.5, 0.6) is 11.5 Å². The van der Waals surface area contributed by atoms with Crippen molar-refractivity contribution in [1.82, 2.24) is 25.1 Å². The summed E-state index contributed by atoms with van der Waals surface area (Å²) in [6, 6.07) is 32.9. The molecule has 1 unspecified atom stereocenters. The van der Waals surface area contributed by atoms with Crippen LogP contribution in [0.25, 0.3) is 0 Å². The highest BCUT2D eigenvalue weighted by molar-refractivity contribution is 5.77. The molecule has 1 aliphatic heterocycles. The van der Waals surface area contributed by atoms with Crippen molar-refractivity contribution in [2.24, 2.45) is 0 Å². The van der Waals surface area contributed by atoms with Crippen molar-refractivity contribution in [1.29, 1.82) is 5.26 Å². The second-order valence-corrected chi connectivity index (χ2v) is 17.4. The van der Waals surface area contributed by atoms with Crippen molar-refractivity contribution in [3.05, 3.63) is 142 Å². The number of furan rings is 1. The number of nitrogens with one attached hydrogen (secondary N) is 3. The lowest BCUT2D eigenvalue weighted by Gasteiger charge is -2.40. The second-order valence-electron chi connectivity index (χ2n) is 17.4. The number of aromatic nitrogens is 2. The number of carbonyl (C=O) groups is 2. The fourth-order valence-electron chi connectivity index (χ4n) is 8.55. The minimum Gasteiger partial charge on any atom is -0.497 e. The van der Waals surface area contributed by atoms with Crippen molar-refractivity contribution >= 4 is 17.6 Å². The summed E-state index contributed by atoms with van der Waals surface area (Å²) in [6.45, 7) is 9.35. The molecular formula is C53H67N7O10. The number of hydrogen-bond donors (Lipinski definition) is 3. The van der Waals surface area contributed by atoms with E-state index in [9.17, 15) is 19.6 Å². The van der Waals surface area contributed by atoms with E-state index in [2.05, 4.69) is 59.6 Å². The molecule has 1 saturated heterocycles. The van der Waals surface area contributed by atoms with Gasteiger partial charge in [-0.05, 0) is 99.7 Å². The zero-order valence-electron chi connectivity index (χ0n) is 41.0. The number of hydrogen-bond acceptors (Lipinski definition) is 14. The van der Waals surface area contributed by atoms with Crippen LogP contribution in [0.2, 0.25) is 0 Å². The molecule has 2 aromatic heterocycles. The molecule has 0 bridgehead atoms. The van der Waals surface area contributed by atoms with Crippen molar-refractivity contribution in [3.63, 3.8) is 0 Å². The number of anilines is 1. The predicted octanol–water partition coefficient (Wildman–Crippen LogP) is 7.27. The maximum absolute atomic E-state index is 13.8. The van der Waals surface area contributed by atoms with Gasteiger partial charge in [-0.25, -0.2) is 4.79 Å². The third-order valence-electron chi connectivity index (χ3n) is 12.0. The van der Waals surface area contributed by atoms with Crippen LogP contribution >= 0.6 is 0 Å². The van der Waals surface area contributed by atoms with E-state index in [1.165, 1.54) is 4.57 Å². The van der Waals surface area contributed by atoms with Crippen molar-refractivity contribution in [2.45, 2.75) is 115 Å². The standard InChI is InChI=1S/C53H67N7O10/c1-37(2)60(38(3)4)52(67-33-13-28-54)70-45-34-50(59-31-27-47(58-51(59)63)55-29-30-56-48(61)17-10-11-18-49(62)57-35-44-16-12-32-66-44)69-46(45)36-68-53(39-14-8-7-9-15-39,40-19-23-42(64-5)24-20-40)41-21-25-43(65-6)26-22-41/h7-9,12,14-16,19-27,31-32,37-38,45-46,50,52H,10-11,13,17-18,29-30,33-36H2,1-6H3,(H,56,61)(H,57,62)(H,55,58,63)/t45-,46+,50+,52?/m0/s1. The Hall–Kier alpha value is -6.55. The lowest BCUT2D eigenvalue weighted by molar-refractivity contribution is -0.267. The summed E-state index contributed by atoms with van der Waals surface area (Å²) in [5.41, 5.74) is 0.823. The summed E-state index contributed by atoms with van der Waals surface area (Å²) >= 11 is 0. The van der Waals surface area contributed by atoms with Crippen molar-refractivity contribution < 1.29 is 42.4 Å². The average Bonchev–Trinajstić information content (AvgIpc) is 4.04. The quantitative estimate of drug-likeness (QED) is 0.0257. The normalized spacial score (nSPS) is 16.3. The van der Waals surface area contributed by atoms with E-state index in [1.807, 2.05) is 78.9 Å². The highest BCUT2D eigenvalue weighted by atomic mass is 16.7. The van der Waals surface area contributed by atoms with Gasteiger partial charge in [-0.15, -0.1) is 0 Å². The summed E-state index contributed by atoms with van der Waals surface area (Å²) in [6.07, 6.45) is 2.32. The molecule has 3 heterocycles. The number of methoxy groups -OCH3 is 2. The highest BCUT2D eigenvalue weighted by Gasteiger charge is 2.45. The molecule has 17 heteroatoms. The number of nitrogens with zero attached hydrogens (tertiary/aromatic N) is 4. The van der Waals surface area contributed by atoms with E-state index in [1.54, 1.807) is 44.9 Å². The van der Waals surface area contributed by atoms with Gasteiger partial charge in [0, 0.05) is 50.6 Å². The first-order valence-electron chi connectivity index (χ1n) is 23.9. The molecule has 2 amide bonds. The summed E-state index contributed by atoms with van der Waals surface area (Å²) in [4.78, 5) is 44.8. The van der Waals surface area contributed by atoms with Crippen LogP contribution in [0.15, 0.2) is 119 Å². The zero-order valence-corrected chi connectivity index (χ0v) is 41.0. The number of unbranched alkanes of at least 4 members (excludes halogenated alkanes) is 1. The maximum atomic E-state index is 13.8. The smallest absolute Gasteiger partial charge is 0.351 e. The molecule has 0 radical (unpaired) electrons. The number of ether oxygens (including phenoxy) is 6. The molecule has 374 valence electrons. The van der Waals surface area contributed by atoms with Gasteiger partial charge < -0.3 is 48.8 Å². The van der Waals surface area contributed by atoms with E-state index >= 15 is 0 Å². The fraction of sp³-hybridized carbons (Fsp3) is 0.453. The Morgan fingerprint density at radius 1 is 0.843 bits per heavy atom. The largest absolute Gasteiger partial charge is 0.497 e. The first-order chi connectivity index (χ1) is 33.9. The van der Waals surface area contributed by atoms with Crippen LogP contribution in [0.4, 0.5) is 5.82 Å². The zero-order chi connectivity index (χ0) is 49.9. The molecule has 4 atom stereocenters. The summed E-state index contributed by atoms with van der Waals surface area (Å²) in [7, 11) is 3.25. The Morgan fingerprint density at radius 3 is 2.04 bits per heavy atom. The Morgan fingerprint density at radius 2 is 1.47 bits per heavy atom. The first kappa shape index (κ1) is 52.8. The lowest BCUT2D eigenvalue weighted by Crippen LogP contribution is -2.50. The minimum atomic E-state index is -1.17. The van der Waals surface area contributed by atoms with Crippen LogP contribution in [-0.4, -0.2) is 97.5 Å². The lowest BCUT2D eigenvalue weighted by atomic mass is 9.80. The molecule has 17 nitrogen and oxygen atoms in total. The molecule has 0 spiro atoms. The highest BCUT2D eigenvalue weighted by Crippen LogP contribution is 2.43. The van der Waals surface area contributed by atoms with Gasteiger partial charge in [-0.1, -0.05) is 54.6 Å². The SMILES string of the molecule is COc1ccc(C(OC[C@H]2O[C@@H](n3ccc(NCCNC(=O)CCCCC(=O)NCc4ccco4)nc3=O)C[C@@H]2OC(OCCC#N)N(C(C)C)C(C)C)(c2ccccc2)c2ccc(OC)cc2)cc1. The van der Waals surface area contributed by atoms with E-state index in [0.29, 0.717) is 62.0 Å². The van der Waals surface area contributed by atoms with Gasteiger partial charge in [-0.2, -0.15) is 10.2 Å². The molecule has 1 fully saturated rings. The molecule has 3 aromatic carbocycles. The topological polar surface area (TPSA) is 201 Å². The number of rotatable bonds is 28. The first-order valence-corrected chi connectivity index (χ1v) is 23.9. The van der Waals surface area contributed by atoms with Crippen molar-refractivity contribution in [3.8, 4) is 17.6 Å². The second kappa shape index (κ2) is 26.4. The minimum absolute atomic E-state index is 0.0117.